The number of aliphatic hydroxyl groups is 1. The first-order valence-corrected chi connectivity index (χ1v) is 8.23. The van der Waals surface area contributed by atoms with Crippen molar-refractivity contribution < 1.29 is 71.0 Å². The minimum atomic E-state index is -8.37. The summed E-state index contributed by atoms with van der Waals surface area (Å²) in [5, 5.41) is 9.14. The molecule has 0 spiro atoms. The maximum absolute atomic E-state index is 13.8. The van der Waals surface area contributed by atoms with Crippen LogP contribution in [0.15, 0.2) is 36.4 Å². The molecule has 1 aromatic carbocycles. The number of benzene rings is 1. The van der Waals surface area contributed by atoms with Crippen molar-refractivity contribution in [1.82, 2.24) is 0 Å². The summed E-state index contributed by atoms with van der Waals surface area (Å²) in [6.07, 6.45) is -12.0. The number of halogens is 15. The average molecular weight is 516 g/mol. The van der Waals surface area contributed by atoms with Gasteiger partial charge in [0, 0.05) is 0 Å². The second-order valence-electron chi connectivity index (χ2n) is 6.56. The molecule has 0 aromatic heterocycles. The lowest BCUT2D eigenvalue weighted by Crippen LogP contribution is -2.73. The Morgan fingerprint density at radius 1 is 0.606 bits per heavy atom. The summed E-state index contributed by atoms with van der Waals surface area (Å²) in [7, 11) is 0. The molecule has 0 bridgehead atoms. The van der Waals surface area contributed by atoms with Crippen LogP contribution in [0.3, 0.4) is 0 Å². The maximum atomic E-state index is 13.8. The third kappa shape index (κ3) is 4.49. The fraction of sp³-hybridized carbons (Fsp3) is 0.529. The fourth-order valence-electron chi connectivity index (χ4n) is 2.23. The van der Waals surface area contributed by atoms with Crippen molar-refractivity contribution in [2.24, 2.45) is 0 Å². The SMILES string of the molecule is OC(CC=Cc1ccccc1)C(F)(F)C(F)(F)C(F)(F)C(F)(F)C(F)(F)C(F)(F)C(F)(F)F. The zero-order chi connectivity index (χ0) is 26.3. The van der Waals surface area contributed by atoms with Crippen LogP contribution in [0.4, 0.5) is 65.9 Å². The van der Waals surface area contributed by atoms with Crippen molar-refractivity contribution in [3.8, 4) is 0 Å². The standard InChI is InChI=1S/C17H11F15O/c18-11(19,10(33)8-4-7-9-5-2-1-3-6-9)12(20,21)13(22,23)14(24,25)15(26,27)16(28,29)17(30,31)32/h1-7,10,33H,8H2. The summed E-state index contributed by atoms with van der Waals surface area (Å²) in [5.41, 5.74) is 0.186. The first kappa shape index (κ1) is 28.9. The molecular formula is C17H11F15O. The number of rotatable bonds is 9. The topological polar surface area (TPSA) is 20.2 Å². The Hall–Kier alpha value is -2.13. The summed E-state index contributed by atoms with van der Waals surface area (Å²) in [4.78, 5) is 0. The largest absolute Gasteiger partial charge is 0.460 e. The number of hydrogen-bond donors (Lipinski definition) is 1. The van der Waals surface area contributed by atoms with Gasteiger partial charge in [0.1, 0.15) is 6.10 Å². The van der Waals surface area contributed by atoms with E-state index in [1.807, 2.05) is 0 Å². The summed E-state index contributed by atoms with van der Waals surface area (Å²) in [5.74, 6) is -47.3. The van der Waals surface area contributed by atoms with Gasteiger partial charge in [-0.15, -0.1) is 0 Å². The van der Waals surface area contributed by atoms with Gasteiger partial charge in [-0.3, -0.25) is 0 Å². The molecule has 1 rings (SSSR count). The Morgan fingerprint density at radius 2 is 1.00 bits per heavy atom. The Kier molecular flexibility index (Phi) is 7.51. The molecule has 1 aromatic rings. The van der Waals surface area contributed by atoms with Gasteiger partial charge in [-0.1, -0.05) is 42.5 Å². The van der Waals surface area contributed by atoms with Crippen molar-refractivity contribution in [3.63, 3.8) is 0 Å². The Bertz CT molecular complexity index is 827. The molecule has 0 fully saturated rings. The molecule has 0 saturated heterocycles. The van der Waals surface area contributed by atoms with Gasteiger partial charge in [-0.05, 0) is 12.0 Å². The number of aliphatic hydroxyl groups excluding tert-OH is 1. The van der Waals surface area contributed by atoms with E-state index in [2.05, 4.69) is 0 Å². The van der Waals surface area contributed by atoms with E-state index >= 15 is 0 Å². The Labute approximate surface area is 174 Å². The molecule has 0 aliphatic heterocycles. The van der Waals surface area contributed by atoms with Gasteiger partial charge in [0.2, 0.25) is 0 Å². The normalized spacial score (nSPS) is 16.4. The van der Waals surface area contributed by atoms with Crippen LogP contribution in [0.25, 0.3) is 6.08 Å². The van der Waals surface area contributed by atoms with Gasteiger partial charge < -0.3 is 5.11 Å². The highest BCUT2D eigenvalue weighted by Crippen LogP contribution is 2.62. The van der Waals surface area contributed by atoms with Crippen LogP contribution in [-0.4, -0.2) is 52.9 Å². The number of alkyl halides is 15. The first-order valence-electron chi connectivity index (χ1n) is 8.23. The number of hydrogen-bond acceptors (Lipinski definition) is 1. The highest BCUT2D eigenvalue weighted by atomic mass is 19.4. The van der Waals surface area contributed by atoms with Crippen LogP contribution < -0.4 is 0 Å². The van der Waals surface area contributed by atoms with Crippen molar-refractivity contribution in [1.29, 1.82) is 0 Å². The van der Waals surface area contributed by atoms with Crippen LogP contribution in [0.5, 0.6) is 0 Å². The Morgan fingerprint density at radius 3 is 1.42 bits per heavy atom. The lowest BCUT2D eigenvalue weighted by atomic mass is 9.88. The molecule has 1 atom stereocenters. The predicted molar refractivity (Wildman–Crippen MR) is 81.8 cm³/mol. The quantitative estimate of drug-likeness (QED) is 0.357. The van der Waals surface area contributed by atoms with Crippen molar-refractivity contribution >= 4 is 6.08 Å². The van der Waals surface area contributed by atoms with Gasteiger partial charge in [-0.2, -0.15) is 65.9 Å². The van der Waals surface area contributed by atoms with Crippen LogP contribution in [0.2, 0.25) is 0 Å². The molecule has 0 aliphatic carbocycles. The first-order chi connectivity index (χ1) is 14.5. The maximum Gasteiger partial charge on any atom is 0.460 e. The van der Waals surface area contributed by atoms with Crippen LogP contribution in [0.1, 0.15) is 12.0 Å². The molecule has 0 saturated carbocycles. The van der Waals surface area contributed by atoms with E-state index in [0.717, 1.165) is 6.08 Å². The lowest BCUT2D eigenvalue weighted by molar-refractivity contribution is -0.455. The highest BCUT2D eigenvalue weighted by molar-refractivity contribution is 5.48. The van der Waals surface area contributed by atoms with E-state index in [1.54, 1.807) is 0 Å². The van der Waals surface area contributed by atoms with Crippen LogP contribution >= 0.6 is 0 Å². The third-order valence-electron chi connectivity index (χ3n) is 4.24. The van der Waals surface area contributed by atoms with Crippen molar-refractivity contribution in [3.05, 3.63) is 42.0 Å². The third-order valence-corrected chi connectivity index (χ3v) is 4.24. The zero-order valence-electron chi connectivity index (χ0n) is 15.4. The average Bonchev–Trinajstić information content (AvgIpc) is 2.66. The second kappa shape index (κ2) is 8.58. The van der Waals surface area contributed by atoms with E-state index in [-0.39, 0.29) is 5.56 Å². The minimum absolute atomic E-state index is 0.186. The van der Waals surface area contributed by atoms with Crippen LogP contribution in [0, 0.1) is 0 Å². The van der Waals surface area contributed by atoms with E-state index in [4.69, 9.17) is 5.11 Å². The van der Waals surface area contributed by atoms with Gasteiger partial charge in [0.15, 0.2) is 0 Å². The van der Waals surface area contributed by atoms with Gasteiger partial charge in [-0.25, -0.2) is 0 Å². The van der Waals surface area contributed by atoms with E-state index in [0.29, 0.717) is 6.08 Å². The molecular weight excluding hydrogens is 505 g/mol. The van der Waals surface area contributed by atoms with E-state index in [9.17, 15) is 65.9 Å². The summed E-state index contributed by atoms with van der Waals surface area (Å²) in [6.45, 7) is 0. The van der Waals surface area contributed by atoms with Crippen molar-refractivity contribution in [2.75, 3.05) is 0 Å². The molecule has 0 radical (unpaired) electrons. The van der Waals surface area contributed by atoms with Crippen molar-refractivity contribution in [2.45, 2.75) is 54.2 Å². The summed E-state index contributed by atoms with van der Waals surface area (Å²) < 4.78 is 196. The predicted octanol–water partition coefficient (Wildman–Crippen LogP) is 6.82. The van der Waals surface area contributed by atoms with Gasteiger partial charge in [0.25, 0.3) is 0 Å². The summed E-state index contributed by atoms with van der Waals surface area (Å²) >= 11 is 0. The smallest absolute Gasteiger partial charge is 0.386 e. The van der Waals surface area contributed by atoms with Gasteiger partial charge >= 0.3 is 41.7 Å². The molecule has 0 amide bonds. The second-order valence-corrected chi connectivity index (χ2v) is 6.56. The van der Waals surface area contributed by atoms with E-state index < -0.39 is 54.2 Å². The molecule has 1 N–H and O–H groups in total. The van der Waals surface area contributed by atoms with Crippen LogP contribution in [-0.2, 0) is 0 Å². The van der Waals surface area contributed by atoms with E-state index in [1.165, 1.54) is 30.3 Å². The molecule has 33 heavy (non-hydrogen) atoms. The fourth-order valence-corrected chi connectivity index (χ4v) is 2.23. The monoisotopic (exact) mass is 516 g/mol. The van der Waals surface area contributed by atoms with Gasteiger partial charge in [0.05, 0.1) is 0 Å². The molecule has 0 aliphatic rings. The highest BCUT2D eigenvalue weighted by Gasteiger charge is 2.93. The molecule has 0 heterocycles. The molecule has 1 nitrogen and oxygen atoms in total. The molecule has 190 valence electrons. The zero-order valence-corrected chi connectivity index (χ0v) is 15.4. The lowest BCUT2D eigenvalue weighted by Gasteiger charge is -2.42. The molecule has 1 unspecified atom stereocenters. The Balaban J connectivity index is 3.34. The minimum Gasteiger partial charge on any atom is -0.386 e. The molecule has 16 heteroatoms. The summed E-state index contributed by atoms with van der Waals surface area (Å²) in [6, 6.07) is 6.85.